The van der Waals surface area contributed by atoms with Crippen molar-refractivity contribution in [2.24, 2.45) is 35.0 Å². The second-order valence-corrected chi connectivity index (χ2v) is 8.34. The first-order valence-electron chi connectivity index (χ1n) is 9.42. The van der Waals surface area contributed by atoms with Crippen LogP contribution in [0.3, 0.4) is 0 Å². The zero-order chi connectivity index (χ0) is 19.6. The van der Waals surface area contributed by atoms with E-state index in [9.17, 15) is 19.2 Å². The Labute approximate surface area is 155 Å². The third-order valence-electron chi connectivity index (χ3n) is 7.03. The third-order valence-corrected chi connectivity index (χ3v) is 7.03. The first kappa shape index (κ1) is 20.5. The van der Waals surface area contributed by atoms with Crippen LogP contribution in [-0.2, 0) is 23.9 Å². The number of carbonyl (C=O) groups excluding carboxylic acids is 4. The van der Waals surface area contributed by atoms with Crippen LogP contribution in [0.25, 0.3) is 0 Å². The largest absolute Gasteiger partial charge is 0.460 e. The van der Waals surface area contributed by atoms with Gasteiger partial charge >= 0.3 is 5.97 Å². The number of hydrogen-bond donors (Lipinski definition) is 0. The Morgan fingerprint density at radius 3 is 2.31 bits per heavy atom. The summed E-state index contributed by atoms with van der Waals surface area (Å²) in [6.07, 6.45) is 3.50. The van der Waals surface area contributed by atoms with Gasteiger partial charge in [-0.25, -0.2) is 4.79 Å². The monoisotopic (exact) mass is 362 g/mol. The van der Waals surface area contributed by atoms with Gasteiger partial charge in [0.05, 0.1) is 6.61 Å². The topological polar surface area (TPSA) is 77.5 Å². The van der Waals surface area contributed by atoms with Gasteiger partial charge in [-0.05, 0) is 69.6 Å². The summed E-state index contributed by atoms with van der Waals surface area (Å²) in [5.41, 5.74) is 0.959. The van der Waals surface area contributed by atoms with E-state index in [4.69, 9.17) is 4.74 Å². The van der Waals surface area contributed by atoms with E-state index in [-0.39, 0.29) is 53.5 Å². The molecular weight excluding hydrogens is 332 g/mol. The number of esters is 1. The van der Waals surface area contributed by atoms with E-state index in [1.165, 1.54) is 6.92 Å². The van der Waals surface area contributed by atoms with Gasteiger partial charge in [-0.2, -0.15) is 0 Å². The van der Waals surface area contributed by atoms with Crippen LogP contribution in [0.15, 0.2) is 12.2 Å². The Kier molecular flexibility index (Phi) is 6.20. The van der Waals surface area contributed by atoms with Gasteiger partial charge in [0.2, 0.25) is 6.29 Å². The maximum atomic E-state index is 12.4. The summed E-state index contributed by atoms with van der Waals surface area (Å²) >= 11 is 0. The predicted molar refractivity (Wildman–Crippen MR) is 97.2 cm³/mol. The number of carbonyl (C=O) groups is 4. The molecule has 0 bridgehead atoms. The van der Waals surface area contributed by atoms with Crippen LogP contribution in [0, 0.1) is 35.0 Å². The van der Waals surface area contributed by atoms with Crippen molar-refractivity contribution in [3.63, 3.8) is 0 Å². The number of allylic oxidation sites excluding steroid dienone is 1. The van der Waals surface area contributed by atoms with Gasteiger partial charge in [0.15, 0.2) is 0 Å². The van der Waals surface area contributed by atoms with Crippen molar-refractivity contribution in [2.75, 3.05) is 6.61 Å². The van der Waals surface area contributed by atoms with E-state index < -0.39 is 5.97 Å². The van der Waals surface area contributed by atoms with Gasteiger partial charge in [-0.1, -0.05) is 19.1 Å². The summed E-state index contributed by atoms with van der Waals surface area (Å²) < 4.78 is 5.16. The second kappa shape index (κ2) is 7.85. The van der Waals surface area contributed by atoms with Gasteiger partial charge in [0.25, 0.3) is 0 Å². The molecule has 2 saturated carbocycles. The first-order valence-corrected chi connectivity index (χ1v) is 9.42. The van der Waals surface area contributed by atoms with Crippen molar-refractivity contribution in [1.82, 2.24) is 0 Å². The molecule has 2 aliphatic rings. The molecule has 0 saturated heterocycles. The molecule has 0 aromatic rings. The lowest BCUT2D eigenvalue weighted by Crippen LogP contribution is -2.52. The molecule has 0 aliphatic heterocycles. The molecule has 1 spiro atoms. The van der Waals surface area contributed by atoms with E-state index in [1.54, 1.807) is 6.92 Å². The Morgan fingerprint density at radius 2 is 1.85 bits per heavy atom. The van der Waals surface area contributed by atoms with Crippen LogP contribution >= 0.6 is 0 Å². The molecule has 5 nitrogen and oxygen atoms in total. The lowest BCUT2D eigenvalue weighted by atomic mass is 9.51. The lowest BCUT2D eigenvalue weighted by Gasteiger charge is -2.52. The van der Waals surface area contributed by atoms with Crippen molar-refractivity contribution < 1.29 is 23.9 Å². The normalized spacial score (nSPS) is 36.5. The highest BCUT2D eigenvalue weighted by Gasteiger charge is 2.57. The molecule has 0 amide bonds. The van der Waals surface area contributed by atoms with Gasteiger partial charge in [-0.15, -0.1) is 0 Å². The molecule has 0 aromatic heterocycles. The van der Waals surface area contributed by atoms with Crippen LogP contribution in [0.2, 0.25) is 0 Å². The molecule has 0 N–H and O–H groups in total. The number of ketones is 2. The van der Waals surface area contributed by atoms with Crippen molar-refractivity contribution in [3.8, 4) is 0 Å². The quantitative estimate of drug-likeness (QED) is 0.314. The van der Waals surface area contributed by atoms with Crippen molar-refractivity contribution in [3.05, 3.63) is 12.2 Å². The number of ether oxygens (including phenoxy) is 1. The van der Waals surface area contributed by atoms with Crippen molar-refractivity contribution in [1.29, 1.82) is 0 Å². The highest BCUT2D eigenvalue weighted by molar-refractivity contribution is 6.20. The fourth-order valence-electron chi connectivity index (χ4n) is 5.58. The van der Waals surface area contributed by atoms with E-state index in [0.717, 1.165) is 24.8 Å². The summed E-state index contributed by atoms with van der Waals surface area (Å²) in [5.74, 6) is -1.10. The maximum Gasteiger partial charge on any atom is 0.371 e. The summed E-state index contributed by atoms with van der Waals surface area (Å²) in [7, 11) is 0. The average molecular weight is 362 g/mol. The molecule has 0 unspecified atom stereocenters. The van der Waals surface area contributed by atoms with Gasteiger partial charge in [0.1, 0.15) is 11.6 Å². The highest BCUT2D eigenvalue weighted by atomic mass is 16.5. The van der Waals surface area contributed by atoms with E-state index >= 15 is 0 Å². The average Bonchev–Trinajstić information content (AvgIpc) is 3.01. The highest BCUT2D eigenvalue weighted by Crippen LogP contribution is 2.61. The van der Waals surface area contributed by atoms with Gasteiger partial charge < -0.3 is 4.74 Å². The minimum atomic E-state index is -0.879. The Bertz CT molecular complexity index is 622. The summed E-state index contributed by atoms with van der Waals surface area (Å²) in [4.78, 5) is 46.6. The molecule has 6 atom stereocenters. The zero-order valence-electron chi connectivity index (χ0n) is 16.2. The minimum Gasteiger partial charge on any atom is -0.460 e. The number of Topliss-reactive ketones (excluding diaryl/α,β-unsaturated/α-hetero) is 2. The molecule has 2 fully saturated rings. The molecule has 0 heterocycles. The first-order chi connectivity index (χ1) is 12.1. The van der Waals surface area contributed by atoms with Crippen LogP contribution in [0.5, 0.6) is 0 Å². The number of hydrogen-bond acceptors (Lipinski definition) is 5. The van der Waals surface area contributed by atoms with Crippen LogP contribution in [-0.4, -0.2) is 30.4 Å². The maximum absolute atomic E-state index is 12.4. The summed E-state index contributed by atoms with van der Waals surface area (Å²) in [6.45, 7) is 11.4. The Morgan fingerprint density at radius 1 is 1.19 bits per heavy atom. The third kappa shape index (κ3) is 3.67. The molecule has 0 radical (unpaired) electrons. The van der Waals surface area contributed by atoms with E-state index in [2.05, 4.69) is 13.5 Å². The Hall–Kier alpha value is -1.78. The fraction of sp³-hybridized carbons (Fsp3) is 0.714. The molecular formula is C21H30O5. The van der Waals surface area contributed by atoms with Crippen LogP contribution in [0.4, 0.5) is 0 Å². The SMILES string of the molecule is C=C(C)[C@@H]1CC[C@@]2(C1)[C@@H](COC(=O)C=O)C[C@@H](C(C)=O)[C@H](C(C)=O)[C@@H]2C. The molecule has 26 heavy (non-hydrogen) atoms. The lowest BCUT2D eigenvalue weighted by molar-refractivity contribution is -0.157. The van der Waals surface area contributed by atoms with E-state index in [1.807, 2.05) is 6.92 Å². The van der Waals surface area contributed by atoms with Crippen molar-refractivity contribution in [2.45, 2.75) is 53.4 Å². The fourth-order valence-corrected chi connectivity index (χ4v) is 5.58. The molecule has 0 aromatic carbocycles. The zero-order valence-corrected chi connectivity index (χ0v) is 16.2. The van der Waals surface area contributed by atoms with Crippen LogP contribution in [0.1, 0.15) is 53.4 Å². The molecule has 2 aliphatic carbocycles. The molecule has 2 rings (SSSR count). The second-order valence-electron chi connectivity index (χ2n) is 8.34. The standard InChI is InChI=1S/C21H30O5/c1-12(2)16-6-7-21(9-16)13(3)20(15(5)24)18(14(4)23)8-17(21)11-26-19(25)10-22/h10,13,16-18,20H,1,6-9,11H2,2-5H3/t13-,16+,17+,18-,20-,21-/m0/s1. The predicted octanol–water partition coefficient (Wildman–Crippen LogP) is 3.16. The Balaban J connectivity index is 2.39. The van der Waals surface area contributed by atoms with Gasteiger partial charge in [0, 0.05) is 11.8 Å². The molecule has 5 heteroatoms. The van der Waals surface area contributed by atoms with E-state index in [0.29, 0.717) is 12.3 Å². The minimum absolute atomic E-state index is 0.00746. The number of rotatable bonds is 6. The smallest absolute Gasteiger partial charge is 0.371 e. The number of aldehydes is 1. The summed E-state index contributed by atoms with van der Waals surface area (Å²) in [6, 6.07) is 0. The van der Waals surface area contributed by atoms with Crippen LogP contribution < -0.4 is 0 Å². The summed E-state index contributed by atoms with van der Waals surface area (Å²) in [5, 5.41) is 0. The molecule has 144 valence electrons. The van der Waals surface area contributed by atoms with Gasteiger partial charge in [-0.3, -0.25) is 14.4 Å². The van der Waals surface area contributed by atoms with Crippen molar-refractivity contribution >= 4 is 23.8 Å².